The zero-order chi connectivity index (χ0) is 22.6. The fourth-order valence-corrected chi connectivity index (χ4v) is 4.75. The van der Waals surface area contributed by atoms with Crippen molar-refractivity contribution in [3.05, 3.63) is 0 Å². The zero-order valence-electron chi connectivity index (χ0n) is 20.1. The molecule has 0 aromatic carbocycles. The minimum Gasteiger partial charge on any atom is -0.396 e. The van der Waals surface area contributed by atoms with E-state index in [4.69, 9.17) is 9.66 Å². The van der Waals surface area contributed by atoms with Crippen LogP contribution < -0.4 is 0 Å². The Morgan fingerprint density at radius 3 is 1.37 bits per heavy atom. The van der Waals surface area contributed by atoms with E-state index >= 15 is 0 Å². The van der Waals surface area contributed by atoms with Gasteiger partial charge in [-0.1, -0.05) is 84.0 Å². The molecule has 0 saturated carbocycles. The van der Waals surface area contributed by atoms with Gasteiger partial charge in [-0.3, -0.25) is 4.55 Å². The molecule has 0 aliphatic heterocycles. The molecule has 0 aliphatic carbocycles. The third-order valence-corrected chi connectivity index (χ3v) is 7.06. The summed E-state index contributed by atoms with van der Waals surface area (Å²) in [6, 6.07) is 0. The van der Waals surface area contributed by atoms with Crippen molar-refractivity contribution in [1.29, 1.82) is 0 Å². The van der Waals surface area contributed by atoms with Gasteiger partial charge in [0.2, 0.25) is 0 Å². The average molecular weight is 451 g/mol. The zero-order valence-corrected chi connectivity index (χ0v) is 20.9. The normalized spacial score (nSPS) is 14.1. The highest BCUT2D eigenvalue weighted by atomic mass is 32.2. The maximum Gasteiger partial charge on any atom is 0.265 e. The molecule has 0 aromatic rings. The van der Waals surface area contributed by atoms with Crippen molar-refractivity contribution in [2.24, 2.45) is 0 Å². The number of hydrogen-bond acceptors (Lipinski definition) is 3. The van der Waals surface area contributed by atoms with Crippen LogP contribution in [-0.4, -0.2) is 61.6 Å². The molecule has 0 aliphatic rings. The summed E-state index contributed by atoms with van der Waals surface area (Å²) >= 11 is 0. The van der Waals surface area contributed by atoms with E-state index in [1.54, 1.807) is 0 Å². The lowest BCUT2D eigenvalue weighted by Gasteiger charge is -2.35. The molecule has 6 heteroatoms. The maximum absolute atomic E-state index is 11.0. The van der Waals surface area contributed by atoms with E-state index in [1.807, 2.05) is 0 Å². The molecule has 2 N–H and O–H groups in total. The molecule has 182 valence electrons. The van der Waals surface area contributed by atoms with Crippen LogP contribution in [0.5, 0.6) is 0 Å². The number of hydrogen-bond donors (Lipinski definition) is 2. The molecule has 0 aromatic heterocycles. The van der Waals surface area contributed by atoms with Gasteiger partial charge in [-0.2, -0.15) is 8.42 Å². The number of quaternary nitrogens is 1. The van der Waals surface area contributed by atoms with Gasteiger partial charge in [0.25, 0.3) is 10.1 Å². The Morgan fingerprint density at radius 1 is 0.600 bits per heavy atom. The first-order chi connectivity index (χ1) is 14.3. The number of aliphatic hydroxyl groups excluding tert-OH is 1. The van der Waals surface area contributed by atoms with Crippen LogP contribution in [0.15, 0.2) is 0 Å². The van der Waals surface area contributed by atoms with Crippen LogP contribution in [0.25, 0.3) is 0 Å². The van der Waals surface area contributed by atoms with Crippen LogP contribution >= 0.6 is 0 Å². The second-order valence-electron chi connectivity index (χ2n) is 9.46. The highest BCUT2D eigenvalue weighted by Crippen LogP contribution is 2.15. The summed E-state index contributed by atoms with van der Waals surface area (Å²) in [5.74, 6) is -0.153. The van der Waals surface area contributed by atoms with E-state index in [-0.39, 0.29) is 12.4 Å². The Balaban J connectivity index is 3.76. The molecule has 1 unspecified atom stereocenters. The summed E-state index contributed by atoms with van der Waals surface area (Å²) in [4.78, 5) is 0. The topological polar surface area (TPSA) is 74.6 Å². The Bertz CT molecular complexity index is 470. The predicted molar refractivity (Wildman–Crippen MR) is 128 cm³/mol. The molecule has 0 fully saturated rings. The highest BCUT2D eigenvalue weighted by molar-refractivity contribution is 7.85. The molecule has 0 amide bonds. The lowest BCUT2D eigenvalue weighted by molar-refractivity contribution is -0.910. The Morgan fingerprint density at radius 2 is 0.967 bits per heavy atom. The molecule has 1 atom stereocenters. The van der Waals surface area contributed by atoms with Crippen LogP contribution in [0, 0.1) is 0 Å². The number of unbranched alkanes of at least 4 members (excludes halogenated alkanes) is 14. The third kappa shape index (κ3) is 21.1. The number of nitrogens with zero attached hydrogens (tertiary/aromatic N) is 1. The number of aliphatic hydroxyl groups is 1. The van der Waals surface area contributed by atoms with E-state index < -0.39 is 10.1 Å². The van der Waals surface area contributed by atoms with Gasteiger partial charge in [-0.15, -0.1) is 0 Å². The van der Waals surface area contributed by atoms with Crippen molar-refractivity contribution in [1.82, 2.24) is 0 Å². The van der Waals surface area contributed by atoms with Crippen molar-refractivity contribution < 1.29 is 22.6 Å². The summed E-state index contributed by atoms with van der Waals surface area (Å²) in [7, 11) is -1.69. The van der Waals surface area contributed by atoms with E-state index in [0.29, 0.717) is 6.42 Å². The average Bonchev–Trinajstić information content (AvgIpc) is 2.67. The Labute approximate surface area is 188 Å². The lowest BCUT2D eigenvalue weighted by Crippen LogP contribution is -2.46. The molecular weight excluding hydrogens is 398 g/mol. The largest absolute Gasteiger partial charge is 0.396 e. The lowest BCUT2D eigenvalue weighted by atomic mass is 10.0. The standard InChI is InChI=1S/C24H51NO4S/c1-3-4-5-6-7-8-9-10-11-12-13-14-15-16-20-25(2,21-17-18-23-26)22-19-24-30(27,28)29/h26H,3-24H2,1-2H3/p+1. The molecule has 0 radical (unpaired) electrons. The van der Waals surface area contributed by atoms with Gasteiger partial charge in [-0.25, -0.2) is 0 Å². The SMILES string of the molecule is CCCCCCCCCCCCCCCC[N+](C)(CCCCO)CCCS(=O)(=O)O. The molecule has 30 heavy (non-hydrogen) atoms. The first-order valence-electron chi connectivity index (χ1n) is 12.7. The fourth-order valence-electron chi connectivity index (χ4n) is 4.26. The molecule has 5 nitrogen and oxygen atoms in total. The quantitative estimate of drug-likeness (QED) is 0.114. The molecule has 0 rings (SSSR count). The van der Waals surface area contributed by atoms with Gasteiger partial charge in [0.1, 0.15) is 0 Å². The van der Waals surface area contributed by atoms with Crippen LogP contribution in [0.4, 0.5) is 0 Å². The molecule has 0 saturated heterocycles. The first-order valence-corrected chi connectivity index (χ1v) is 14.3. The number of rotatable bonds is 23. The van der Waals surface area contributed by atoms with Gasteiger partial charge < -0.3 is 9.59 Å². The summed E-state index contributed by atoms with van der Waals surface area (Å²) < 4.78 is 31.8. The van der Waals surface area contributed by atoms with Gasteiger partial charge in [0.05, 0.1) is 32.4 Å². The predicted octanol–water partition coefficient (Wildman–Crippen LogP) is 5.96. The molecule has 0 heterocycles. The van der Waals surface area contributed by atoms with Crippen LogP contribution in [0.3, 0.4) is 0 Å². The first kappa shape index (κ1) is 29.8. The summed E-state index contributed by atoms with van der Waals surface area (Å²) in [5.41, 5.74) is 0. The van der Waals surface area contributed by atoms with Crippen LogP contribution in [0.2, 0.25) is 0 Å². The maximum atomic E-state index is 11.0. The van der Waals surface area contributed by atoms with Crippen molar-refractivity contribution in [2.75, 3.05) is 39.0 Å². The van der Waals surface area contributed by atoms with Gasteiger partial charge in [0.15, 0.2) is 0 Å². The highest BCUT2D eigenvalue weighted by Gasteiger charge is 2.21. The smallest absolute Gasteiger partial charge is 0.265 e. The summed E-state index contributed by atoms with van der Waals surface area (Å²) in [6.45, 7) is 5.26. The minimum absolute atomic E-state index is 0.153. The molecule has 0 bridgehead atoms. The monoisotopic (exact) mass is 450 g/mol. The van der Waals surface area contributed by atoms with Crippen molar-refractivity contribution in [3.8, 4) is 0 Å². The van der Waals surface area contributed by atoms with Crippen LogP contribution in [-0.2, 0) is 10.1 Å². The van der Waals surface area contributed by atoms with E-state index in [1.165, 1.54) is 89.9 Å². The Kier molecular flexibility index (Phi) is 19.4. The van der Waals surface area contributed by atoms with Crippen LogP contribution in [0.1, 0.15) is 116 Å². The van der Waals surface area contributed by atoms with Crippen molar-refractivity contribution in [3.63, 3.8) is 0 Å². The second-order valence-corrected chi connectivity index (χ2v) is 11.0. The van der Waals surface area contributed by atoms with Gasteiger partial charge in [-0.05, 0) is 25.7 Å². The van der Waals surface area contributed by atoms with Gasteiger partial charge in [0, 0.05) is 13.0 Å². The van der Waals surface area contributed by atoms with E-state index in [9.17, 15) is 8.42 Å². The third-order valence-electron chi connectivity index (χ3n) is 6.26. The minimum atomic E-state index is -3.87. The van der Waals surface area contributed by atoms with E-state index in [2.05, 4.69) is 14.0 Å². The van der Waals surface area contributed by atoms with E-state index in [0.717, 1.165) is 37.0 Å². The fraction of sp³-hybridized carbons (Fsp3) is 1.00. The molecule has 0 spiro atoms. The summed E-state index contributed by atoms with van der Waals surface area (Å²) in [6.07, 6.45) is 21.2. The summed E-state index contributed by atoms with van der Waals surface area (Å²) in [5, 5.41) is 9.03. The second kappa shape index (κ2) is 19.5. The molecular formula is C24H52NO4S+. The Hall–Kier alpha value is -0.170. The van der Waals surface area contributed by atoms with Gasteiger partial charge >= 0.3 is 0 Å². The van der Waals surface area contributed by atoms with Crippen molar-refractivity contribution >= 4 is 10.1 Å². The van der Waals surface area contributed by atoms with Crippen molar-refractivity contribution in [2.45, 2.75) is 116 Å².